The van der Waals surface area contributed by atoms with Crippen LogP contribution in [0.15, 0.2) is 24.3 Å². The lowest BCUT2D eigenvalue weighted by molar-refractivity contribution is -0.122. The number of fused-ring (bicyclic) bond motifs is 1. The van der Waals surface area contributed by atoms with Crippen LogP contribution in [-0.4, -0.2) is 30.5 Å². The van der Waals surface area contributed by atoms with Crippen LogP contribution >= 0.6 is 11.8 Å². The summed E-state index contributed by atoms with van der Waals surface area (Å²) in [5.41, 5.74) is 2.41. The molecule has 0 saturated carbocycles. The predicted octanol–water partition coefficient (Wildman–Crippen LogP) is 1.74. The van der Waals surface area contributed by atoms with E-state index < -0.39 is 0 Å². The van der Waals surface area contributed by atoms with Crippen molar-refractivity contribution in [2.24, 2.45) is 0 Å². The topological polar surface area (TPSA) is 41.1 Å². The highest BCUT2D eigenvalue weighted by Gasteiger charge is 2.25. The Morgan fingerprint density at radius 3 is 3.11 bits per heavy atom. The molecule has 2 rings (SSSR count). The molecule has 1 heterocycles. The van der Waals surface area contributed by atoms with Gasteiger partial charge in [-0.2, -0.15) is 11.8 Å². The zero-order chi connectivity index (χ0) is 13.0. The second kappa shape index (κ2) is 6.25. The largest absolute Gasteiger partial charge is 0.354 e. The maximum Gasteiger partial charge on any atom is 0.228 e. The van der Waals surface area contributed by atoms with Crippen molar-refractivity contribution in [2.45, 2.75) is 24.6 Å². The third-order valence-corrected chi connectivity index (χ3v) is 4.35. The summed E-state index contributed by atoms with van der Waals surface area (Å²) >= 11 is 1.77. The molecule has 0 saturated heterocycles. The van der Waals surface area contributed by atoms with Crippen LogP contribution in [0.2, 0.25) is 0 Å². The minimum absolute atomic E-state index is 0.0518. The van der Waals surface area contributed by atoms with E-state index in [-0.39, 0.29) is 11.8 Å². The summed E-state index contributed by atoms with van der Waals surface area (Å²) in [5.74, 6) is 0.0829. The molecule has 98 valence electrons. The molecule has 0 aromatic heterocycles. The van der Waals surface area contributed by atoms with Gasteiger partial charge in [0.25, 0.3) is 0 Å². The number of carbonyl (C=O) groups is 1. The number of thioether (sulfide) groups is 1. The minimum atomic E-state index is -0.0518. The number of benzene rings is 1. The monoisotopic (exact) mass is 264 g/mol. The van der Waals surface area contributed by atoms with E-state index in [4.69, 9.17) is 0 Å². The first-order valence-corrected chi connectivity index (χ1v) is 7.60. The van der Waals surface area contributed by atoms with Crippen LogP contribution in [0.25, 0.3) is 0 Å². The zero-order valence-electron chi connectivity index (χ0n) is 10.9. The van der Waals surface area contributed by atoms with E-state index in [0.29, 0.717) is 5.25 Å². The molecule has 2 atom stereocenters. The molecule has 1 aliphatic heterocycles. The molecule has 3 nitrogen and oxygen atoms in total. The van der Waals surface area contributed by atoms with Gasteiger partial charge in [-0.15, -0.1) is 0 Å². The van der Waals surface area contributed by atoms with Crippen LogP contribution in [0.4, 0.5) is 0 Å². The SMILES string of the molecule is CSC(C)CNC(=O)C1CNCc2ccccc21. The van der Waals surface area contributed by atoms with Crippen molar-refractivity contribution in [3.8, 4) is 0 Å². The van der Waals surface area contributed by atoms with Gasteiger partial charge in [0.05, 0.1) is 5.92 Å². The molecule has 1 aromatic rings. The van der Waals surface area contributed by atoms with Crippen LogP contribution in [-0.2, 0) is 11.3 Å². The Bertz CT molecular complexity index is 422. The van der Waals surface area contributed by atoms with E-state index in [0.717, 1.165) is 19.6 Å². The van der Waals surface area contributed by atoms with E-state index in [2.05, 4.69) is 35.9 Å². The number of carbonyl (C=O) groups excluding carboxylic acids is 1. The first-order chi connectivity index (χ1) is 8.72. The smallest absolute Gasteiger partial charge is 0.228 e. The third-order valence-electron chi connectivity index (χ3n) is 3.38. The Morgan fingerprint density at radius 1 is 1.56 bits per heavy atom. The second-order valence-corrected chi connectivity index (χ2v) is 5.95. The molecule has 18 heavy (non-hydrogen) atoms. The Balaban J connectivity index is 2.04. The van der Waals surface area contributed by atoms with Gasteiger partial charge in [-0.3, -0.25) is 4.79 Å². The maximum absolute atomic E-state index is 12.2. The predicted molar refractivity (Wildman–Crippen MR) is 76.9 cm³/mol. The molecule has 0 aliphatic carbocycles. The second-order valence-electron chi connectivity index (χ2n) is 4.67. The van der Waals surface area contributed by atoms with E-state index in [1.807, 2.05) is 12.1 Å². The molecule has 1 amide bonds. The Labute approximate surface area is 113 Å². The fourth-order valence-corrected chi connectivity index (χ4v) is 2.43. The Morgan fingerprint density at radius 2 is 2.33 bits per heavy atom. The number of hydrogen-bond donors (Lipinski definition) is 2. The highest BCUT2D eigenvalue weighted by molar-refractivity contribution is 7.99. The molecule has 1 aliphatic rings. The zero-order valence-corrected chi connectivity index (χ0v) is 11.7. The maximum atomic E-state index is 12.2. The number of nitrogens with one attached hydrogen (secondary N) is 2. The van der Waals surface area contributed by atoms with Gasteiger partial charge in [0.2, 0.25) is 5.91 Å². The van der Waals surface area contributed by atoms with Crippen molar-refractivity contribution in [1.82, 2.24) is 10.6 Å². The van der Waals surface area contributed by atoms with Crippen molar-refractivity contribution < 1.29 is 4.79 Å². The first kappa shape index (κ1) is 13.4. The molecule has 2 unspecified atom stereocenters. The minimum Gasteiger partial charge on any atom is -0.354 e. The van der Waals surface area contributed by atoms with Crippen molar-refractivity contribution in [2.75, 3.05) is 19.3 Å². The van der Waals surface area contributed by atoms with Gasteiger partial charge in [-0.05, 0) is 17.4 Å². The van der Waals surface area contributed by atoms with Crippen molar-refractivity contribution in [1.29, 1.82) is 0 Å². The molecule has 0 bridgehead atoms. The van der Waals surface area contributed by atoms with Crippen LogP contribution in [0, 0.1) is 0 Å². The number of amides is 1. The lowest BCUT2D eigenvalue weighted by atomic mass is 9.90. The van der Waals surface area contributed by atoms with Gasteiger partial charge in [0.1, 0.15) is 0 Å². The summed E-state index contributed by atoms with van der Waals surface area (Å²) in [4.78, 5) is 12.2. The standard InChI is InChI=1S/C14H20N2OS/c1-10(18-2)7-16-14(17)13-9-15-8-11-5-3-4-6-12(11)13/h3-6,10,13,15H,7-9H2,1-2H3,(H,16,17). The fourth-order valence-electron chi connectivity index (χ4n) is 2.18. The van der Waals surface area contributed by atoms with Gasteiger partial charge >= 0.3 is 0 Å². The normalized spacial score (nSPS) is 20.0. The quantitative estimate of drug-likeness (QED) is 0.870. The summed E-state index contributed by atoms with van der Waals surface area (Å²) in [5, 5.41) is 6.81. The average Bonchev–Trinajstić information content (AvgIpc) is 2.43. The fraction of sp³-hybridized carbons (Fsp3) is 0.500. The summed E-state index contributed by atoms with van der Waals surface area (Å²) < 4.78 is 0. The van der Waals surface area contributed by atoms with Crippen LogP contribution in [0.1, 0.15) is 24.0 Å². The van der Waals surface area contributed by atoms with Gasteiger partial charge in [-0.25, -0.2) is 0 Å². The van der Waals surface area contributed by atoms with E-state index >= 15 is 0 Å². The molecule has 0 fully saturated rings. The molecule has 0 radical (unpaired) electrons. The Hall–Kier alpha value is -1.00. The van der Waals surface area contributed by atoms with Crippen LogP contribution < -0.4 is 10.6 Å². The number of rotatable bonds is 4. The van der Waals surface area contributed by atoms with Crippen molar-refractivity contribution in [3.63, 3.8) is 0 Å². The molecule has 4 heteroatoms. The Kier molecular flexibility index (Phi) is 4.66. The first-order valence-electron chi connectivity index (χ1n) is 6.31. The van der Waals surface area contributed by atoms with Gasteiger partial charge < -0.3 is 10.6 Å². The molecule has 1 aromatic carbocycles. The van der Waals surface area contributed by atoms with E-state index in [1.165, 1.54) is 11.1 Å². The molecular weight excluding hydrogens is 244 g/mol. The summed E-state index contributed by atoms with van der Waals surface area (Å²) in [6.07, 6.45) is 2.06. The number of hydrogen-bond acceptors (Lipinski definition) is 3. The van der Waals surface area contributed by atoms with Crippen molar-refractivity contribution in [3.05, 3.63) is 35.4 Å². The average molecular weight is 264 g/mol. The lowest BCUT2D eigenvalue weighted by Crippen LogP contribution is -2.40. The van der Waals surface area contributed by atoms with E-state index in [9.17, 15) is 4.79 Å². The molecule has 2 N–H and O–H groups in total. The highest BCUT2D eigenvalue weighted by atomic mass is 32.2. The molecule has 0 spiro atoms. The highest BCUT2D eigenvalue weighted by Crippen LogP contribution is 2.23. The van der Waals surface area contributed by atoms with Crippen LogP contribution in [0.3, 0.4) is 0 Å². The van der Waals surface area contributed by atoms with Gasteiger partial charge in [0, 0.05) is 24.9 Å². The van der Waals surface area contributed by atoms with Gasteiger partial charge in [0.15, 0.2) is 0 Å². The van der Waals surface area contributed by atoms with Gasteiger partial charge in [-0.1, -0.05) is 31.2 Å². The molecular formula is C14H20N2OS. The lowest BCUT2D eigenvalue weighted by Gasteiger charge is -2.26. The van der Waals surface area contributed by atoms with E-state index in [1.54, 1.807) is 11.8 Å². The van der Waals surface area contributed by atoms with Crippen LogP contribution in [0.5, 0.6) is 0 Å². The summed E-state index contributed by atoms with van der Waals surface area (Å²) in [6.45, 7) is 4.45. The third kappa shape index (κ3) is 3.06. The van der Waals surface area contributed by atoms with Crippen molar-refractivity contribution >= 4 is 17.7 Å². The summed E-state index contributed by atoms with van der Waals surface area (Å²) in [7, 11) is 0. The summed E-state index contributed by atoms with van der Waals surface area (Å²) in [6, 6.07) is 8.19.